The molecule has 0 radical (unpaired) electrons. The molecule has 1 aromatic heterocycles. The normalized spacial score (nSPS) is 22.2. The van der Waals surface area contributed by atoms with Crippen molar-refractivity contribution in [2.45, 2.75) is 31.1 Å². The number of pyridine rings is 1. The number of rotatable bonds is 3. The lowest BCUT2D eigenvalue weighted by molar-refractivity contribution is 0.388. The number of ether oxygens (including phenoxy) is 1. The van der Waals surface area contributed by atoms with Gasteiger partial charge in [-0.1, -0.05) is 6.07 Å². The van der Waals surface area contributed by atoms with Crippen LogP contribution in [0.15, 0.2) is 30.5 Å². The standard InChI is InChI=1S/C17H17FN2O/c1-21-17-16-11-6-5-10(7-11)15(16)14(9-19-17)20-13-4-2-3-12(18)8-13/h2-4,8-11,20H,5-7H2,1H3. The van der Waals surface area contributed by atoms with Crippen LogP contribution in [0.5, 0.6) is 5.88 Å². The number of hydrogen-bond acceptors (Lipinski definition) is 3. The molecule has 0 amide bonds. The molecule has 1 fully saturated rings. The number of hydrogen-bond donors (Lipinski definition) is 1. The summed E-state index contributed by atoms with van der Waals surface area (Å²) in [5.74, 6) is 1.67. The van der Waals surface area contributed by atoms with Crippen molar-refractivity contribution in [2.75, 3.05) is 12.4 Å². The summed E-state index contributed by atoms with van der Waals surface area (Å²) in [6, 6.07) is 6.53. The molecule has 1 saturated carbocycles. The third-order valence-electron chi connectivity index (χ3n) is 4.67. The first-order valence-electron chi connectivity index (χ1n) is 7.35. The van der Waals surface area contributed by atoms with E-state index in [9.17, 15) is 4.39 Å². The van der Waals surface area contributed by atoms with Crippen LogP contribution in [0.2, 0.25) is 0 Å². The Kier molecular flexibility index (Phi) is 2.84. The summed E-state index contributed by atoms with van der Waals surface area (Å²) in [5, 5.41) is 3.32. The minimum absolute atomic E-state index is 0.236. The molecule has 4 heteroatoms. The number of halogens is 1. The summed E-state index contributed by atoms with van der Waals surface area (Å²) in [4.78, 5) is 4.43. The third kappa shape index (κ3) is 1.97. The van der Waals surface area contributed by atoms with Gasteiger partial charge in [-0.3, -0.25) is 0 Å². The van der Waals surface area contributed by atoms with Crippen LogP contribution in [-0.2, 0) is 0 Å². The van der Waals surface area contributed by atoms with Crippen LogP contribution in [0.1, 0.15) is 42.2 Å². The Morgan fingerprint density at radius 1 is 1.24 bits per heavy atom. The van der Waals surface area contributed by atoms with Gasteiger partial charge in [0, 0.05) is 11.3 Å². The lowest BCUT2D eigenvalue weighted by Crippen LogP contribution is -2.07. The molecule has 2 bridgehead atoms. The minimum Gasteiger partial charge on any atom is -0.481 e. The van der Waals surface area contributed by atoms with Crippen LogP contribution in [0.4, 0.5) is 15.8 Å². The van der Waals surface area contributed by atoms with E-state index < -0.39 is 0 Å². The van der Waals surface area contributed by atoms with Crippen molar-refractivity contribution in [1.82, 2.24) is 4.98 Å². The molecule has 108 valence electrons. The van der Waals surface area contributed by atoms with E-state index in [0.29, 0.717) is 11.8 Å². The summed E-state index contributed by atoms with van der Waals surface area (Å²) >= 11 is 0. The van der Waals surface area contributed by atoms with Crippen LogP contribution in [0, 0.1) is 5.82 Å². The van der Waals surface area contributed by atoms with Gasteiger partial charge in [0.15, 0.2) is 0 Å². The summed E-state index contributed by atoms with van der Waals surface area (Å²) in [5.41, 5.74) is 4.33. The topological polar surface area (TPSA) is 34.1 Å². The number of aromatic nitrogens is 1. The van der Waals surface area contributed by atoms with Crippen LogP contribution in [-0.4, -0.2) is 12.1 Å². The average Bonchev–Trinajstić information content (AvgIpc) is 3.09. The highest BCUT2D eigenvalue weighted by molar-refractivity contribution is 5.68. The van der Waals surface area contributed by atoms with E-state index >= 15 is 0 Å². The molecule has 2 aromatic rings. The van der Waals surface area contributed by atoms with Gasteiger partial charge < -0.3 is 10.1 Å². The molecule has 4 rings (SSSR count). The zero-order valence-electron chi connectivity index (χ0n) is 11.9. The van der Waals surface area contributed by atoms with Gasteiger partial charge in [0.2, 0.25) is 5.88 Å². The first-order valence-corrected chi connectivity index (χ1v) is 7.35. The molecule has 0 spiro atoms. The first-order chi connectivity index (χ1) is 10.3. The van der Waals surface area contributed by atoms with Gasteiger partial charge >= 0.3 is 0 Å². The molecule has 0 saturated heterocycles. The third-order valence-corrected chi connectivity index (χ3v) is 4.67. The maximum absolute atomic E-state index is 13.3. The second-order valence-corrected chi connectivity index (χ2v) is 5.85. The lowest BCUT2D eigenvalue weighted by Gasteiger charge is -2.21. The smallest absolute Gasteiger partial charge is 0.216 e. The highest BCUT2D eigenvalue weighted by Gasteiger charge is 2.41. The van der Waals surface area contributed by atoms with Crippen LogP contribution >= 0.6 is 0 Å². The van der Waals surface area contributed by atoms with E-state index in [1.807, 2.05) is 12.3 Å². The van der Waals surface area contributed by atoms with Gasteiger partial charge in [-0.2, -0.15) is 0 Å². The van der Waals surface area contributed by atoms with E-state index in [-0.39, 0.29) is 5.82 Å². The van der Waals surface area contributed by atoms with E-state index in [1.165, 1.54) is 42.5 Å². The van der Waals surface area contributed by atoms with Gasteiger partial charge in [-0.15, -0.1) is 0 Å². The molecule has 0 aliphatic heterocycles. The molecule has 21 heavy (non-hydrogen) atoms. The number of anilines is 2. The fourth-order valence-corrected chi connectivity index (χ4v) is 3.85. The molecule has 2 aliphatic rings. The van der Waals surface area contributed by atoms with Gasteiger partial charge in [0.25, 0.3) is 0 Å². The largest absolute Gasteiger partial charge is 0.481 e. The summed E-state index contributed by atoms with van der Waals surface area (Å²) < 4.78 is 18.8. The van der Waals surface area contributed by atoms with Gasteiger partial charge in [0.1, 0.15) is 5.82 Å². The van der Waals surface area contributed by atoms with Crippen molar-refractivity contribution in [3.63, 3.8) is 0 Å². The second kappa shape index (κ2) is 4.72. The van der Waals surface area contributed by atoms with Crippen LogP contribution in [0.25, 0.3) is 0 Å². The number of benzene rings is 1. The first kappa shape index (κ1) is 12.6. The maximum atomic E-state index is 13.3. The number of methoxy groups -OCH3 is 1. The molecular formula is C17H17FN2O. The number of nitrogens with zero attached hydrogens (tertiary/aromatic N) is 1. The van der Waals surface area contributed by atoms with Crippen molar-refractivity contribution in [1.29, 1.82) is 0 Å². The zero-order chi connectivity index (χ0) is 14.4. The molecule has 1 heterocycles. The van der Waals surface area contributed by atoms with Crippen LogP contribution in [0.3, 0.4) is 0 Å². The Morgan fingerprint density at radius 2 is 2.05 bits per heavy atom. The fraction of sp³-hybridized carbons (Fsp3) is 0.353. The van der Waals surface area contributed by atoms with Crippen molar-refractivity contribution < 1.29 is 9.13 Å². The van der Waals surface area contributed by atoms with Gasteiger partial charge in [-0.05, 0) is 54.9 Å². The fourth-order valence-electron chi connectivity index (χ4n) is 3.85. The van der Waals surface area contributed by atoms with Crippen molar-refractivity contribution in [3.8, 4) is 5.88 Å². The monoisotopic (exact) mass is 284 g/mol. The molecule has 3 nitrogen and oxygen atoms in total. The number of nitrogens with one attached hydrogen (secondary N) is 1. The van der Waals surface area contributed by atoms with Crippen molar-refractivity contribution in [2.24, 2.45) is 0 Å². The Hall–Kier alpha value is -2.10. The highest BCUT2D eigenvalue weighted by atomic mass is 19.1. The average molecular weight is 284 g/mol. The predicted molar refractivity (Wildman–Crippen MR) is 79.8 cm³/mol. The summed E-state index contributed by atoms with van der Waals surface area (Å²) in [6.07, 6.45) is 5.44. The van der Waals surface area contributed by atoms with E-state index in [2.05, 4.69) is 10.3 Å². The van der Waals surface area contributed by atoms with E-state index in [0.717, 1.165) is 17.3 Å². The molecule has 2 unspecified atom stereocenters. The Bertz CT molecular complexity index is 701. The van der Waals surface area contributed by atoms with Crippen LogP contribution < -0.4 is 10.1 Å². The molecule has 2 atom stereocenters. The Labute approximate surface area is 123 Å². The predicted octanol–water partition coefficient (Wildman–Crippen LogP) is 4.34. The SMILES string of the molecule is COc1ncc(Nc2cccc(F)c2)c2c1C1CCC2C1. The molecular weight excluding hydrogens is 267 g/mol. The minimum atomic E-state index is -0.236. The number of fused-ring (bicyclic) bond motifs is 5. The Balaban J connectivity index is 1.77. The summed E-state index contributed by atoms with van der Waals surface area (Å²) in [7, 11) is 1.67. The van der Waals surface area contributed by atoms with E-state index in [1.54, 1.807) is 13.2 Å². The van der Waals surface area contributed by atoms with E-state index in [4.69, 9.17) is 4.74 Å². The molecule has 1 aromatic carbocycles. The Morgan fingerprint density at radius 3 is 2.81 bits per heavy atom. The zero-order valence-corrected chi connectivity index (χ0v) is 11.9. The quantitative estimate of drug-likeness (QED) is 0.910. The van der Waals surface area contributed by atoms with Gasteiger partial charge in [-0.25, -0.2) is 9.37 Å². The molecule has 2 aliphatic carbocycles. The second-order valence-electron chi connectivity index (χ2n) is 5.85. The highest BCUT2D eigenvalue weighted by Crippen LogP contribution is 2.57. The maximum Gasteiger partial charge on any atom is 0.216 e. The molecule has 1 N–H and O–H groups in total. The van der Waals surface area contributed by atoms with Crippen molar-refractivity contribution >= 4 is 11.4 Å². The lowest BCUT2D eigenvalue weighted by atomic mass is 9.91. The van der Waals surface area contributed by atoms with Crippen molar-refractivity contribution in [3.05, 3.63) is 47.4 Å². The summed E-state index contributed by atoms with van der Waals surface area (Å²) in [6.45, 7) is 0. The van der Waals surface area contributed by atoms with Gasteiger partial charge in [0.05, 0.1) is 19.0 Å².